The van der Waals surface area contributed by atoms with E-state index in [4.69, 9.17) is 10.00 Å². The van der Waals surface area contributed by atoms with Crippen molar-refractivity contribution in [1.29, 1.82) is 5.26 Å². The van der Waals surface area contributed by atoms with Crippen molar-refractivity contribution in [2.45, 2.75) is 20.3 Å². The number of nitriles is 1. The summed E-state index contributed by atoms with van der Waals surface area (Å²) in [6.07, 6.45) is 3.78. The Labute approximate surface area is 96.8 Å². The van der Waals surface area contributed by atoms with Gasteiger partial charge in [-0.2, -0.15) is 5.26 Å². The highest BCUT2D eigenvalue weighted by Crippen LogP contribution is 2.08. The summed E-state index contributed by atoms with van der Waals surface area (Å²) < 4.78 is 4.89. The molecule has 0 bridgehead atoms. The van der Waals surface area contributed by atoms with Crippen LogP contribution in [0.1, 0.15) is 20.3 Å². The number of esters is 1. The van der Waals surface area contributed by atoms with Gasteiger partial charge in [0.2, 0.25) is 0 Å². The predicted octanol–water partition coefficient (Wildman–Crippen LogP) is 1.85. The van der Waals surface area contributed by atoms with Gasteiger partial charge in [-0.1, -0.05) is 6.92 Å². The minimum Gasteiger partial charge on any atom is -0.463 e. The minimum absolute atomic E-state index is 0.343. The van der Waals surface area contributed by atoms with Gasteiger partial charge in [0.15, 0.2) is 0 Å². The highest BCUT2D eigenvalue weighted by atomic mass is 16.5. The van der Waals surface area contributed by atoms with Gasteiger partial charge < -0.3 is 9.64 Å². The van der Waals surface area contributed by atoms with Crippen LogP contribution in [-0.4, -0.2) is 31.6 Å². The molecule has 0 fully saturated rings. The molecule has 0 radical (unpaired) electrons. The van der Waals surface area contributed by atoms with E-state index in [9.17, 15) is 4.79 Å². The Morgan fingerprint density at radius 1 is 1.44 bits per heavy atom. The van der Waals surface area contributed by atoms with E-state index in [2.05, 4.69) is 0 Å². The molecule has 0 rings (SSSR count). The van der Waals surface area contributed by atoms with Crippen LogP contribution in [0.2, 0.25) is 0 Å². The van der Waals surface area contributed by atoms with Gasteiger partial charge in [0, 0.05) is 25.9 Å². The number of carbonyl (C=O) groups excluding carboxylic acids is 1. The van der Waals surface area contributed by atoms with Crippen LogP contribution in [0.3, 0.4) is 0 Å². The molecule has 0 aliphatic carbocycles. The second-order valence-corrected chi connectivity index (χ2v) is 3.40. The Hall–Kier alpha value is -1.76. The lowest BCUT2D eigenvalue weighted by atomic mass is 10.1. The van der Waals surface area contributed by atoms with Crippen molar-refractivity contribution in [2.24, 2.45) is 0 Å². The molecular weight excluding hydrogens is 204 g/mol. The summed E-state index contributed by atoms with van der Waals surface area (Å²) in [4.78, 5) is 13.2. The minimum atomic E-state index is -0.357. The van der Waals surface area contributed by atoms with E-state index in [0.717, 1.165) is 0 Å². The third-order valence-electron chi connectivity index (χ3n) is 1.77. The standard InChI is InChI=1S/C12H18N2O2/c1-5-11(12(15)16-6-2)7-10(8-13)9-14(3)4/h7,9H,5-6H2,1-4H3/b10-9-,11-7+. The van der Waals surface area contributed by atoms with Gasteiger partial charge in [-0.15, -0.1) is 0 Å². The lowest BCUT2D eigenvalue weighted by Gasteiger charge is -2.06. The van der Waals surface area contributed by atoms with Crippen LogP contribution in [0, 0.1) is 11.3 Å². The van der Waals surface area contributed by atoms with E-state index in [0.29, 0.717) is 24.2 Å². The Balaban J connectivity index is 4.94. The average molecular weight is 222 g/mol. The summed E-state index contributed by atoms with van der Waals surface area (Å²) >= 11 is 0. The second kappa shape index (κ2) is 7.52. The van der Waals surface area contributed by atoms with Gasteiger partial charge in [-0.25, -0.2) is 4.79 Å². The van der Waals surface area contributed by atoms with E-state index in [1.165, 1.54) is 0 Å². The van der Waals surface area contributed by atoms with Crippen LogP contribution in [0.25, 0.3) is 0 Å². The SMILES string of the molecule is CCOC(=O)/C(=C/C(C#N)=C/N(C)C)CC. The van der Waals surface area contributed by atoms with Crippen molar-refractivity contribution in [3.8, 4) is 6.07 Å². The Bertz CT molecular complexity index is 335. The molecule has 0 aliphatic heterocycles. The maximum Gasteiger partial charge on any atom is 0.334 e. The van der Waals surface area contributed by atoms with Crippen LogP contribution in [0.15, 0.2) is 23.4 Å². The van der Waals surface area contributed by atoms with Crippen molar-refractivity contribution >= 4 is 5.97 Å². The van der Waals surface area contributed by atoms with Crippen molar-refractivity contribution in [3.05, 3.63) is 23.4 Å². The normalized spacial score (nSPS) is 11.9. The highest BCUT2D eigenvalue weighted by molar-refractivity contribution is 5.89. The largest absolute Gasteiger partial charge is 0.463 e. The Morgan fingerprint density at radius 2 is 2.06 bits per heavy atom. The number of ether oxygens (including phenoxy) is 1. The maximum absolute atomic E-state index is 11.5. The number of hydrogen-bond acceptors (Lipinski definition) is 4. The number of hydrogen-bond donors (Lipinski definition) is 0. The van der Waals surface area contributed by atoms with Crippen LogP contribution in [0.5, 0.6) is 0 Å². The molecule has 88 valence electrons. The zero-order valence-corrected chi connectivity index (χ0v) is 10.3. The molecule has 0 saturated heterocycles. The first kappa shape index (κ1) is 14.2. The summed E-state index contributed by atoms with van der Waals surface area (Å²) in [6, 6.07) is 2.03. The third kappa shape index (κ3) is 5.20. The van der Waals surface area contributed by atoms with Crippen molar-refractivity contribution in [3.63, 3.8) is 0 Å². The molecule has 0 N–H and O–H groups in total. The van der Waals surface area contributed by atoms with Crippen LogP contribution < -0.4 is 0 Å². The quantitative estimate of drug-likeness (QED) is 0.308. The summed E-state index contributed by atoms with van der Waals surface area (Å²) in [5.41, 5.74) is 0.950. The predicted molar refractivity (Wildman–Crippen MR) is 62.4 cm³/mol. The number of nitrogens with zero attached hydrogens (tertiary/aromatic N) is 2. The van der Waals surface area contributed by atoms with Crippen LogP contribution in [-0.2, 0) is 9.53 Å². The molecule has 4 heteroatoms. The molecule has 0 heterocycles. The lowest BCUT2D eigenvalue weighted by molar-refractivity contribution is -0.138. The second-order valence-electron chi connectivity index (χ2n) is 3.40. The number of allylic oxidation sites excluding steroid dienone is 2. The fourth-order valence-corrected chi connectivity index (χ4v) is 1.09. The van der Waals surface area contributed by atoms with Gasteiger partial charge in [0.05, 0.1) is 12.2 Å². The zero-order valence-electron chi connectivity index (χ0n) is 10.3. The van der Waals surface area contributed by atoms with Gasteiger partial charge in [0.25, 0.3) is 0 Å². The van der Waals surface area contributed by atoms with Gasteiger partial charge in [-0.05, 0) is 19.4 Å². The maximum atomic E-state index is 11.5. The molecule has 4 nitrogen and oxygen atoms in total. The molecule has 16 heavy (non-hydrogen) atoms. The Kier molecular flexibility index (Phi) is 6.69. The van der Waals surface area contributed by atoms with Crippen LogP contribution >= 0.6 is 0 Å². The van der Waals surface area contributed by atoms with E-state index in [1.807, 2.05) is 27.1 Å². The monoisotopic (exact) mass is 222 g/mol. The molecule has 0 saturated carbocycles. The van der Waals surface area contributed by atoms with E-state index >= 15 is 0 Å². The number of carbonyl (C=O) groups is 1. The molecule has 0 spiro atoms. The molecule has 0 aromatic heterocycles. The summed E-state index contributed by atoms with van der Waals surface area (Å²) in [6.45, 7) is 3.95. The van der Waals surface area contributed by atoms with Crippen LogP contribution in [0.4, 0.5) is 0 Å². The van der Waals surface area contributed by atoms with E-state index < -0.39 is 0 Å². The Morgan fingerprint density at radius 3 is 2.44 bits per heavy atom. The molecule has 0 amide bonds. The first-order chi connectivity index (χ1) is 7.54. The highest BCUT2D eigenvalue weighted by Gasteiger charge is 2.08. The van der Waals surface area contributed by atoms with Crippen molar-refractivity contribution in [1.82, 2.24) is 4.90 Å². The summed E-state index contributed by atoms with van der Waals surface area (Å²) in [7, 11) is 3.64. The van der Waals surface area contributed by atoms with Gasteiger partial charge in [-0.3, -0.25) is 0 Å². The van der Waals surface area contributed by atoms with Crippen molar-refractivity contribution < 1.29 is 9.53 Å². The molecule has 0 unspecified atom stereocenters. The first-order valence-electron chi connectivity index (χ1n) is 5.21. The smallest absolute Gasteiger partial charge is 0.334 e. The molecular formula is C12H18N2O2. The molecule has 0 aromatic carbocycles. The van der Waals surface area contributed by atoms with Gasteiger partial charge in [0.1, 0.15) is 6.07 Å². The third-order valence-corrected chi connectivity index (χ3v) is 1.77. The van der Waals surface area contributed by atoms with Crippen molar-refractivity contribution in [2.75, 3.05) is 20.7 Å². The summed E-state index contributed by atoms with van der Waals surface area (Å²) in [5, 5.41) is 8.89. The zero-order chi connectivity index (χ0) is 12.6. The van der Waals surface area contributed by atoms with E-state index in [-0.39, 0.29) is 5.97 Å². The number of rotatable bonds is 5. The molecule has 0 aromatic rings. The molecule has 0 aliphatic rings. The summed E-state index contributed by atoms with van der Waals surface area (Å²) in [5.74, 6) is -0.357. The van der Waals surface area contributed by atoms with Gasteiger partial charge >= 0.3 is 5.97 Å². The average Bonchev–Trinajstić information content (AvgIpc) is 2.23. The van der Waals surface area contributed by atoms with E-state index in [1.54, 1.807) is 24.1 Å². The molecule has 0 atom stereocenters. The first-order valence-corrected chi connectivity index (χ1v) is 5.21. The fourth-order valence-electron chi connectivity index (χ4n) is 1.09. The topological polar surface area (TPSA) is 53.3 Å². The lowest BCUT2D eigenvalue weighted by Crippen LogP contribution is -2.08. The fraction of sp³-hybridized carbons (Fsp3) is 0.500.